The first-order valence-corrected chi connectivity index (χ1v) is 9.37. The Morgan fingerprint density at radius 1 is 0.769 bits per heavy atom. The van der Waals surface area contributed by atoms with Gasteiger partial charge in [-0.05, 0) is 40.5 Å². The third-order valence-electron chi connectivity index (χ3n) is 4.01. The van der Waals surface area contributed by atoms with Crippen LogP contribution in [0.2, 0.25) is 0 Å². The maximum atomic E-state index is 12.8. The van der Waals surface area contributed by atoms with Gasteiger partial charge >= 0.3 is 5.91 Å². The first kappa shape index (κ1) is 24.9. The number of nitrogens with zero attached hydrogens (tertiary/aromatic N) is 1. The average Bonchev–Trinajstić information content (AvgIpc) is 2.46. The zero-order valence-electron chi connectivity index (χ0n) is 16.5. The summed E-state index contributed by atoms with van der Waals surface area (Å²) in [5.41, 5.74) is 0. The average molecular weight is 378 g/mol. The van der Waals surface area contributed by atoms with Crippen LogP contribution in [-0.4, -0.2) is 87.3 Å². The van der Waals surface area contributed by atoms with E-state index in [-0.39, 0.29) is 55.3 Å². The first-order valence-electron chi connectivity index (χ1n) is 9.37. The van der Waals surface area contributed by atoms with Gasteiger partial charge in [-0.1, -0.05) is 0 Å². The molecule has 0 aromatic rings. The fourth-order valence-electron chi connectivity index (χ4n) is 3.20. The SMILES string of the molecule is CC(O)CNC(=O)CCCCC(=O)[N+](CC(C)O)(CC(C)O)CC(C)O. The largest absolute Gasteiger partial charge is 0.392 e. The van der Waals surface area contributed by atoms with Crippen LogP contribution < -0.4 is 5.32 Å². The summed E-state index contributed by atoms with van der Waals surface area (Å²) < 4.78 is -0.179. The molecule has 0 heterocycles. The molecule has 0 saturated carbocycles. The molecule has 4 unspecified atom stereocenters. The van der Waals surface area contributed by atoms with E-state index in [1.54, 1.807) is 27.7 Å². The molecule has 0 saturated heterocycles. The minimum absolute atomic E-state index is 0.128. The van der Waals surface area contributed by atoms with Gasteiger partial charge in [0.15, 0.2) is 0 Å². The number of carbonyl (C=O) groups is 2. The van der Waals surface area contributed by atoms with E-state index in [0.717, 1.165) is 0 Å². The molecule has 0 bridgehead atoms. The molecule has 4 atom stereocenters. The van der Waals surface area contributed by atoms with Crippen LogP contribution in [0.3, 0.4) is 0 Å². The van der Waals surface area contributed by atoms with Gasteiger partial charge in [0.05, 0.1) is 12.5 Å². The molecule has 0 rings (SSSR count). The fraction of sp³-hybridized carbons (Fsp3) is 0.889. The highest BCUT2D eigenvalue weighted by molar-refractivity contribution is 5.76. The summed E-state index contributed by atoms with van der Waals surface area (Å²) in [5, 5.41) is 41.1. The summed E-state index contributed by atoms with van der Waals surface area (Å²) in [6, 6.07) is 0. The summed E-state index contributed by atoms with van der Waals surface area (Å²) in [4.78, 5) is 24.5. The number of nitrogens with one attached hydrogen (secondary N) is 1. The van der Waals surface area contributed by atoms with Crippen molar-refractivity contribution in [3.63, 3.8) is 0 Å². The minimum atomic E-state index is -0.748. The van der Waals surface area contributed by atoms with Crippen molar-refractivity contribution in [3.8, 4) is 0 Å². The van der Waals surface area contributed by atoms with Crippen molar-refractivity contribution in [1.82, 2.24) is 5.32 Å². The topological polar surface area (TPSA) is 127 Å². The molecule has 0 radical (unpaired) electrons. The number of aliphatic hydroxyl groups is 4. The Morgan fingerprint density at radius 3 is 1.58 bits per heavy atom. The number of amides is 2. The number of aliphatic hydroxyl groups excluding tert-OH is 4. The van der Waals surface area contributed by atoms with Crippen molar-refractivity contribution < 1.29 is 34.5 Å². The van der Waals surface area contributed by atoms with Gasteiger partial charge in [-0.25, -0.2) is 4.79 Å². The Labute approximate surface area is 156 Å². The molecule has 154 valence electrons. The zero-order chi connectivity index (χ0) is 20.3. The van der Waals surface area contributed by atoms with E-state index >= 15 is 0 Å². The summed E-state index contributed by atoms with van der Waals surface area (Å²) in [6.45, 7) is 6.92. The van der Waals surface area contributed by atoms with Gasteiger partial charge in [0.2, 0.25) is 5.91 Å². The lowest BCUT2D eigenvalue weighted by molar-refractivity contribution is -0.864. The van der Waals surface area contributed by atoms with E-state index in [9.17, 15) is 24.9 Å². The van der Waals surface area contributed by atoms with Gasteiger partial charge in [-0.15, -0.1) is 0 Å². The second kappa shape index (κ2) is 12.3. The van der Waals surface area contributed by atoms with E-state index in [0.29, 0.717) is 12.8 Å². The number of hydrogen-bond donors (Lipinski definition) is 5. The van der Waals surface area contributed by atoms with E-state index in [2.05, 4.69) is 5.32 Å². The standard InChI is InChI=1S/C18H36N2O6/c1-13(21)9-19-17(25)7-5-6-8-18(26)20(10-14(2)22,11-15(3)23)12-16(4)24/h13-16,21-24H,5-12H2,1-4H3/p+1. The minimum Gasteiger partial charge on any atom is -0.392 e. The lowest BCUT2D eigenvalue weighted by Gasteiger charge is -2.38. The number of hydrogen-bond acceptors (Lipinski definition) is 6. The van der Waals surface area contributed by atoms with Crippen LogP contribution in [0.5, 0.6) is 0 Å². The Balaban J connectivity index is 4.73. The first-order chi connectivity index (χ1) is 12.0. The van der Waals surface area contributed by atoms with Gasteiger partial charge < -0.3 is 25.7 Å². The molecule has 0 aromatic heterocycles. The van der Waals surface area contributed by atoms with Crippen molar-refractivity contribution in [1.29, 1.82) is 0 Å². The van der Waals surface area contributed by atoms with E-state index in [1.807, 2.05) is 0 Å². The van der Waals surface area contributed by atoms with Crippen molar-refractivity contribution in [2.45, 2.75) is 77.8 Å². The summed E-state index contributed by atoms with van der Waals surface area (Å²) in [6.07, 6.45) is -1.34. The molecule has 5 N–H and O–H groups in total. The van der Waals surface area contributed by atoms with Gasteiger partial charge in [-0.2, -0.15) is 0 Å². The number of quaternary nitrogens is 1. The second-order valence-electron chi connectivity index (χ2n) is 7.49. The van der Waals surface area contributed by atoms with Crippen molar-refractivity contribution in [2.24, 2.45) is 0 Å². The van der Waals surface area contributed by atoms with Gasteiger partial charge in [0.25, 0.3) is 0 Å². The Bertz CT molecular complexity index is 397. The Hall–Kier alpha value is -1.06. The molecule has 0 aromatic carbocycles. The molecule has 26 heavy (non-hydrogen) atoms. The van der Waals surface area contributed by atoms with Crippen LogP contribution in [0.4, 0.5) is 0 Å². The third kappa shape index (κ3) is 10.8. The van der Waals surface area contributed by atoms with E-state index < -0.39 is 24.4 Å². The monoisotopic (exact) mass is 377 g/mol. The lowest BCUT2D eigenvalue weighted by atomic mass is 10.1. The molecule has 0 fully saturated rings. The van der Waals surface area contributed by atoms with Crippen LogP contribution in [-0.2, 0) is 9.59 Å². The van der Waals surface area contributed by atoms with Crippen molar-refractivity contribution in [3.05, 3.63) is 0 Å². The number of rotatable bonds is 13. The third-order valence-corrected chi connectivity index (χ3v) is 4.01. The molecule has 0 aliphatic carbocycles. The van der Waals surface area contributed by atoms with Gasteiger partial charge in [0, 0.05) is 13.0 Å². The van der Waals surface area contributed by atoms with Gasteiger partial charge in [-0.3, -0.25) is 9.28 Å². The van der Waals surface area contributed by atoms with Gasteiger partial charge in [0.1, 0.15) is 37.9 Å². The summed E-state index contributed by atoms with van der Waals surface area (Å²) in [7, 11) is 0. The maximum absolute atomic E-state index is 12.8. The molecular formula is C18H37N2O6+. The van der Waals surface area contributed by atoms with Crippen LogP contribution in [0.25, 0.3) is 0 Å². The molecule has 8 heteroatoms. The highest BCUT2D eigenvalue weighted by Gasteiger charge is 2.39. The fourth-order valence-corrected chi connectivity index (χ4v) is 3.20. The highest BCUT2D eigenvalue weighted by Crippen LogP contribution is 2.17. The summed E-state index contributed by atoms with van der Waals surface area (Å²) in [5.74, 6) is -0.326. The number of carbonyl (C=O) groups excluding carboxylic acids is 2. The number of unbranched alkanes of at least 4 members (excludes halogenated alkanes) is 1. The van der Waals surface area contributed by atoms with E-state index in [4.69, 9.17) is 5.11 Å². The second-order valence-corrected chi connectivity index (χ2v) is 7.49. The van der Waals surface area contributed by atoms with Crippen LogP contribution in [0.1, 0.15) is 53.4 Å². The smallest absolute Gasteiger partial charge is 0.313 e. The van der Waals surface area contributed by atoms with E-state index in [1.165, 1.54) is 0 Å². The quantitative estimate of drug-likeness (QED) is 0.218. The van der Waals surface area contributed by atoms with Crippen LogP contribution in [0.15, 0.2) is 0 Å². The molecule has 0 aliphatic heterocycles. The molecular weight excluding hydrogens is 340 g/mol. The summed E-state index contributed by atoms with van der Waals surface area (Å²) >= 11 is 0. The molecule has 0 aliphatic rings. The molecule has 0 spiro atoms. The van der Waals surface area contributed by atoms with Crippen LogP contribution in [0, 0.1) is 0 Å². The zero-order valence-corrected chi connectivity index (χ0v) is 16.5. The lowest BCUT2D eigenvalue weighted by Crippen LogP contribution is -2.61. The normalized spacial score (nSPS) is 18.5. The highest BCUT2D eigenvalue weighted by atomic mass is 16.3. The Morgan fingerprint density at radius 2 is 1.19 bits per heavy atom. The van der Waals surface area contributed by atoms with Crippen molar-refractivity contribution in [2.75, 3.05) is 26.2 Å². The molecule has 8 nitrogen and oxygen atoms in total. The van der Waals surface area contributed by atoms with Crippen molar-refractivity contribution >= 4 is 11.8 Å². The predicted molar refractivity (Wildman–Crippen MR) is 98.1 cm³/mol. The van der Waals surface area contributed by atoms with Crippen LogP contribution >= 0.6 is 0 Å². The Kier molecular flexibility index (Phi) is 11.8. The maximum Gasteiger partial charge on any atom is 0.313 e. The predicted octanol–water partition coefficient (Wildman–Crippen LogP) is -0.470. The molecule has 2 amide bonds.